The smallest absolute Gasteiger partial charge is 0.230 e. The van der Waals surface area contributed by atoms with Gasteiger partial charge in [-0.2, -0.15) is 0 Å². The molecule has 0 aliphatic rings. The number of fused-ring (bicyclic) bond motifs is 1. The van der Waals surface area contributed by atoms with Crippen molar-refractivity contribution >= 4 is 22.6 Å². The Morgan fingerprint density at radius 1 is 0.920 bits per heavy atom. The molecular weight excluding hydrogens is 312 g/mol. The molecule has 122 valence electrons. The lowest BCUT2D eigenvalue weighted by Gasteiger charge is -2.07. The third kappa shape index (κ3) is 3.02. The molecule has 25 heavy (non-hydrogen) atoms. The summed E-state index contributed by atoms with van der Waals surface area (Å²) in [6.45, 7) is 0.584. The van der Waals surface area contributed by atoms with Crippen molar-refractivity contribution in [2.45, 2.75) is 6.54 Å². The number of nitrogens with one attached hydrogen (secondary N) is 1. The van der Waals surface area contributed by atoms with Gasteiger partial charge in [0.2, 0.25) is 11.5 Å². The van der Waals surface area contributed by atoms with Gasteiger partial charge in [0, 0.05) is 18.3 Å². The molecular formula is C21H16N2O2. The maximum atomic E-state index is 12.9. The lowest BCUT2D eigenvalue weighted by Crippen LogP contribution is -2.06. The van der Waals surface area contributed by atoms with Crippen molar-refractivity contribution in [1.82, 2.24) is 4.98 Å². The average molecular weight is 328 g/mol. The molecule has 2 heterocycles. The number of anilines is 1. The van der Waals surface area contributed by atoms with E-state index in [0.29, 0.717) is 28.9 Å². The van der Waals surface area contributed by atoms with Gasteiger partial charge in [0.1, 0.15) is 11.2 Å². The van der Waals surface area contributed by atoms with Gasteiger partial charge < -0.3 is 9.73 Å². The highest BCUT2D eigenvalue weighted by Crippen LogP contribution is 2.31. The molecule has 0 saturated carbocycles. The lowest BCUT2D eigenvalue weighted by molar-refractivity contribution is 0.101. The Hall–Kier alpha value is -3.40. The molecule has 0 unspecified atom stereocenters. The van der Waals surface area contributed by atoms with Crippen molar-refractivity contribution in [1.29, 1.82) is 0 Å². The van der Waals surface area contributed by atoms with Gasteiger partial charge >= 0.3 is 0 Å². The first-order valence-electron chi connectivity index (χ1n) is 8.08. The Bertz CT molecular complexity index is 1010. The number of ketones is 1. The molecule has 0 radical (unpaired) electrons. The normalized spacial score (nSPS) is 10.7. The van der Waals surface area contributed by atoms with Crippen molar-refractivity contribution in [2.24, 2.45) is 0 Å². The lowest BCUT2D eigenvalue weighted by atomic mass is 10.1. The SMILES string of the molecule is O=C(c1ccccc1)c1oc2cccnc2c1NCc1ccccc1. The van der Waals surface area contributed by atoms with Crippen LogP contribution in [0.15, 0.2) is 83.4 Å². The maximum absolute atomic E-state index is 12.9. The van der Waals surface area contributed by atoms with Crippen LogP contribution >= 0.6 is 0 Å². The van der Waals surface area contributed by atoms with Crippen LogP contribution in [0.5, 0.6) is 0 Å². The van der Waals surface area contributed by atoms with Gasteiger partial charge in [-0.15, -0.1) is 0 Å². The van der Waals surface area contributed by atoms with E-state index in [0.717, 1.165) is 5.56 Å². The summed E-state index contributed by atoms with van der Waals surface area (Å²) in [5, 5.41) is 3.33. The number of benzene rings is 2. The molecule has 0 aliphatic carbocycles. The number of furan rings is 1. The summed E-state index contributed by atoms with van der Waals surface area (Å²) in [7, 11) is 0. The number of nitrogens with zero attached hydrogens (tertiary/aromatic N) is 1. The summed E-state index contributed by atoms with van der Waals surface area (Å²) in [4.78, 5) is 17.3. The van der Waals surface area contributed by atoms with Crippen LogP contribution in [0.3, 0.4) is 0 Å². The number of rotatable bonds is 5. The number of carbonyl (C=O) groups excluding carboxylic acids is 1. The molecule has 1 N–H and O–H groups in total. The Morgan fingerprint density at radius 2 is 1.64 bits per heavy atom. The third-order valence-corrected chi connectivity index (χ3v) is 4.00. The van der Waals surface area contributed by atoms with Crippen molar-refractivity contribution < 1.29 is 9.21 Å². The van der Waals surface area contributed by atoms with Crippen molar-refractivity contribution in [3.05, 3.63) is 95.9 Å². The molecule has 0 atom stereocenters. The predicted octanol–water partition coefficient (Wildman–Crippen LogP) is 4.67. The standard InChI is InChI=1S/C21H16N2O2/c24-20(16-10-5-2-6-11-16)21-19(18-17(25-21)12-7-13-22-18)23-14-15-8-3-1-4-9-15/h1-13,23H,14H2. The first kappa shape index (κ1) is 15.1. The monoisotopic (exact) mass is 328 g/mol. The van der Waals surface area contributed by atoms with Crippen LogP contribution in [0.1, 0.15) is 21.7 Å². The van der Waals surface area contributed by atoms with Crippen LogP contribution in [0.25, 0.3) is 11.1 Å². The summed E-state index contributed by atoms with van der Waals surface area (Å²) >= 11 is 0. The molecule has 4 heteroatoms. The summed E-state index contributed by atoms with van der Waals surface area (Å²) in [5.41, 5.74) is 3.60. The number of hydrogen-bond acceptors (Lipinski definition) is 4. The summed E-state index contributed by atoms with van der Waals surface area (Å²) in [6.07, 6.45) is 1.70. The molecule has 2 aromatic heterocycles. The van der Waals surface area contributed by atoms with Crippen LogP contribution in [0.2, 0.25) is 0 Å². The number of carbonyl (C=O) groups is 1. The third-order valence-electron chi connectivity index (χ3n) is 4.00. The zero-order chi connectivity index (χ0) is 17.1. The first-order valence-corrected chi connectivity index (χ1v) is 8.08. The molecule has 0 aliphatic heterocycles. The van der Waals surface area contributed by atoms with Gasteiger partial charge in [0.05, 0.1) is 0 Å². The minimum Gasteiger partial charge on any atom is -0.449 e. The van der Waals surface area contributed by atoms with Crippen molar-refractivity contribution in [3.8, 4) is 0 Å². The maximum Gasteiger partial charge on any atom is 0.230 e. The van der Waals surface area contributed by atoms with Crippen molar-refractivity contribution in [3.63, 3.8) is 0 Å². The molecule has 0 bridgehead atoms. The van der Waals surface area contributed by atoms with E-state index in [4.69, 9.17) is 4.42 Å². The van der Waals surface area contributed by atoms with Gasteiger partial charge in [-0.25, -0.2) is 0 Å². The quantitative estimate of drug-likeness (QED) is 0.541. The molecule has 0 amide bonds. The molecule has 4 rings (SSSR count). The Kier molecular flexibility index (Phi) is 4.01. The second-order valence-electron chi connectivity index (χ2n) is 5.69. The Labute approximate surface area is 145 Å². The molecule has 4 nitrogen and oxygen atoms in total. The van der Waals surface area contributed by atoms with E-state index in [-0.39, 0.29) is 11.5 Å². The number of pyridine rings is 1. The molecule has 4 aromatic rings. The minimum atomic E-state index is -0.158. The van der Waals surface area contributed by atoms with E-state index in [1.165, 1.54) is 0 Å². The van der Waals surface area contributed by atoms with Crippen LogP contribution in [0.4, 0.5) is 5.69 Å². The fourth-order valence-corrected chi connectivity index (χ4v) is 2.76. The summed E-state index contributed by atoms with van der Waals surface area (Å²) in [6, 6.07) is 22.7. The van der Waals surface area contributed by atoms with Gasteiger partial charge in [-0.3, -0.25) is 9.78 Å². The van der Waals surface area contributed by atoms with Crippen LogP contribution in [-0.2, 0) is 6.54 Å². The van der Waals surface area contributed by atoms with Crippen LogP contribution < -0.4 is 5.32 Å². The summed E-state index contributed by atoms with van der Waals surface area (Å²) < 4.78 is 5.83. The second kappa shape index (κ2) is 6.61. The van der Waals surface area contributed by atoms with E-state index in [1.54, 1.807) is 24.4 Å². The fraction of sp³-hybridized carbons (Fsp3) is 0.0476. The number of aromatic nitrogens is 1. The largest absolute Gasteiger partial charge is 0.449 e. The van der Waals surface area contributed by atoms with Crippen molar-refractivity contribution in [2.75, 3.05) is 5.32 Å². The summed E-state index contributed by atoms with van der Waals surface area (Å²) in [5.74, 6) is 0.130. The minimum absolute atomic E-state index is 0.158. The Morgan fingerprint density at radius 3 is 2.40 bits per heavy atom. The van der Waals surface area contributed by atoms with E-state index >= 15 is 0 Å². The first-order chi connectivity index (χ1) is 12.3. The van der Waals surface area contributed by atoms with E-state index in [9.17, 15) is 4.79 Å². The number of hydrogen-bond donors (Lipinski definition) is 1. The Balaban J connectivity index is 1.74. The zero-order valence-corrected chi connectivity index (χ0v) is 13.5. The van der Waals surface area contributed by atoms with Gasteiger partial charge in [0.15, 0.2) is 5.58 Å². The van der Waals surface area contributed by atoms with Gasteiger partial charge in [-0.05, 0) is 17.7 Å². The fourth-order valence-electron chi connectivity index (χ4n) is 2.76. The average Bonchev–Trinajstić information content (AvgIpc) is 3.06. The van der Waals surface area contributed by atoms with E-state index in [1.807, 2.05) is 54.6 Å². The van der Waals surface area contributed by atoms with Crippen LogP contribution in [0, 0.1) is 0 Å². The van der Waals surface area contributed by atoms with Gasteiger partial charge in [-0.1, -0.05) is 60.7 Å². The second-order valence-corrected chi connectivity index (χ2v) is 5.69. The predicted molar refractivity (Wildman–Crippen MR) is 97.7 cm³/mol. The molecule has 2 aromatic carbocycles. The molecule has 0 fully saturated rings. The van der Waals surface area contributed by atoms with Gasteiger partial charge in [0.25, 0.3) is 0 Å². The zero-order valence-electron chi connectivity index (χ0n) is 13.5. The highest BCUT2D eigenvalue weighted by Gasteiger charge is 2.22. The molecule has 0 spiro atoms. The highest BCUT2D eigenvalue weighted by atomic mass is 16.3. The van der Waals surface area contributed by atoms with Crippen LogP contribution in [-0.4, -0.2) is 10.8 Å². The topological polar surface area (TPSA) is 55.1 Å². The highest BCUT2D eigenvalue weighted by molar-refractivity contribution is 6.14. The van der Waals surface area contributed by atoms with E-state index in [2.05, 4.69) is 10.3 Å². The van der Waals surface area contributed by atoms with E-state index < -0.39 is 0 Å². The molecule has 0 saturated heterocycles.